The molecule has 0 aliphatic carbocycles. The zero-order valence-corrected chi connectivity index (χ0v) is 55.0. The van der Waals surface area contributed by atoms with Gasteiger partial charge >= 0.3 is 17.9 Å². The van der Waals surface area contributed by atoms with Gasteiger partial charge < -0.3 is 14.2 Å². The third kappa shape index (κ3) is 67.9. The highest BCUT2D eigenvalue weighted by Gasteiger charge is 2.19. The molecule has 0 fully saturated rings. The summed E-state index contributed by atoms with van der Waals surface area (Å²) < 4.78 is 16.9. The summed E-state index contributed by atoms with van der Waals surface area (Å²) in [6.07, 6.45) is 91.3. The van der Waals surface area contributed by atoms with Crippen LogP contribution in [0.3, 0.4) is 0 Å². The van der Waals surface area contributed by atoms with Gasteiger partial charge in [0.15, 0.2) is 6.10 Å². The van der Waals surface area contributed by atoms with Crippen LogP contribution in [0.15, 0.2) is 60.8 Å². The summed E-state index contributed by atoms with van der Waals surface area (Å²) >= 11 is 0. The van der Waals surface area contributed by atoms with Gasteiger partial charge in [-0.2, -0.15) is 0 Å². The van der Waals surface area contributed by atoms with Crippen molar-refractivity contribution in [2.45, 2.75) is 393 Å². The highest BCUT2D eigenvalue weighted by atomic mass is 16.6. The standard InChI is InChI=1S/C76H138O6/c1-4-7-10-13-16-19-22-24-26-28-30-31-32-33-34-35-36-37-38-39-40-41-42-43-44-45-47-48-50-52-54-57-60-63-66-69-75(78)81-72-73(71-80-74(77)68-65-62-59-56-21-18-15-12-9-6-3)82-76(79)70-67-64-61-58-55-53-51-49-46-29-27-25-23-20-17-14-11-8-5-2/h17,20,22,24-25,27-28,30,46,49,73H,4-16,18-19,21,23,26,29,31-45,47-48,50-72H2,1-3H3/b20-17-,24-22-,27-25-,30-28-,49-46-. The first-order valence-electron chi connectivity index (χ1n) is 36.3. The molecule has 0 rings (SSSR count). The van der Waals surface area contributed by atoms with Gasteiger partial charge in [0, 0.05) is 19.3 Å². The number of hydrogen-bond acceptors (Lipinski definition) is 6. The zero-order chi connectivity index (χ0) is 59.2. The Hall–Kier alpha value is -2.89. The van der Waals surface area contributed by atoms with Crippen molar-refractivity contribution in [2.75, 3.05) is 13.2 Å². The summed E-state index contributed by atoms with van der Waals surface area (Å²) in [7, 11) is 0. The second kappa shape index (κ2) is 70.6. The van der Waals surface area contributed by atoms with Crippen LogP contribution in [0.1, 0.15) is 387 Å². The summed E-state index contributed by atoms with van der Waals surface area (Å²) in [5.41, 5.74) is 0. The summed E-state index contributed by atoms with van der Waals surface area (Å²) in [6, 6.07) is 0. The predicted molar refractivity (Wildman–Crippen MR) is 358 cm³/mol. The molecular formula is C76H138O6. The van der Waals surface area contributed by atoms with E-state index < -0.39 is 6.10 Å². The molecule has 0 amide bonds. The van der Waals surface area contributed by atoms with Crippen molar-refractivity contribution in [1.29, 1.82) is 0 Å². The SMILES string of the molecule is CCCCC/C=C\C/C=C\C/C=C\CCCCCCCCC(=O)OC(COC(=O)CCCCCCCCCCCC)COC(=O)CCCCCCCCCCCCCCCCCCCCCCCCC/C=C\C/C=C\CCCCCCC. The van der Waals surface area contributed by atoms with E-state index in [-0.39, 0.29) is 31.1 Å². The van der Waals surface area contributed by atoms with Gasteiger partial charge in [-0.25, -0.2) is 0 Å². The van der Waals surface area contributed by atoms with Gasteiger partial charge in [-0.3, -0.25) is 14.4 Å². The minimum absolute atomic E-state index is 0.0745. The Morgan fingerprint density at radius 1 is 0.244 bits per heavy atom. The largest absolute Gasteiger partial charge is 0.462 e. The Bertz CT molecular complexity index is 1460. The number of allylic oxidation sites excluding steroid dienone is 10. The summed E-state index contributed by atoms with van der Waals surface area (Å²) in [5.74, 6) is -0.866. The number of hydrogen-bond donors (Lipinski definition) is 0. The maximum absolute atomic E-state index is 12.9. The van der Waals surface area contributed by atoms with Crippen LogP contribution >= 0.6 is 0 Å². The summed E-state index contributed by atoms with van der Waals surface area (Å²) in [5, 5.41) is 0. The minimum atomic E-state index is -0.778. The van der Waals surface area contributed by atoms with Gasteiger partial charge in [0.2, 0.25) is 0 Å². The molecule has 82 heavy (non-hydrogen) atoms. The van der Waals surface area contributed by atoms with Gasteiger partial charge in [0.05, 0.1) is 0 Å². The van der Waals surface area contributed by atoms with Crippen molar-refractivity contribution in [3.63, 3.8) is 0 Å². The lowest BCUT2D eigenvalue weighted by Crippen LogP contribution is -2.30. The molecule has 0 aliphatic heterocycles. The lowest BCUT2D eigenvalue weighted by molar-refractivity contribution is -0.167. The molecule has 478 valence electrons. The molecule has 0 aliphatic rings. The van der Waals surface area contributed by atoms with Gasteiger partial charge in [-0.1, -0.05) is 338 Å². The predicted octanol–water partition coefficient (Wildman–Crippen LogP) is 25.1. The molecule has 0 N–H and O–H groups in total. The molecule has 6 heteroatoms. The maximum Gasteiger partial charge on any atom is 0.306 e. The van der Waals surface area contributed by atoms with Gasteiger partial charge in [-0.05, 0) is 89.9 Å². The second-order valence-electron chi connectivity index (χ2n) is 24.5. The molecule has 1 unspecified atom stereocenters. The van der Waals surface area contributed by atoms with Crippen molar-refractivity contribution in [2.24, 2.45) is 0 Å². The molecule has 0 radical (unpaired) electrons. The smallest absolute Gasteiger partial charge is 0.306 e. The van der Waals surface area contributed by atoms with E-state index in [0.29, 0.717) is 19.3 Å². The van der Waals surface area contributed by atoms with E-state index in [1.807, 2.05) is 0 Å². The number of esters is 3. The van der Waals surface area contributed by atoms with Gasteiger partial charge in [-0.15, -0.1) is 0 Å². The van der Waals surface area contributed by atoms with Crippen LogP contribution in [0.4, 0.5) is 0 Å². The topological polar surface area (TPSA) is 78.9 Å². The number of carbonyl (C=O) groups excluding carboxylic acids is 3. The average Bonchev–Trinajstić information content (AvgIpc) is 3.48. The number of carbonyl (C=O) groups is 3. The molecule has 0 aromatic carbocycles. The maximum atomic E-state index is 12.9. The monoisotopic (exact) mass is 1150 g/mol. The first kappa shape index (κ1) is 79.1. The Morgan fingerprint density at radius 2 is 0.439 bits per heavy atom. The molecule has 0 saturated carbocycles. The van der Waals surface area contributed by atoms with E-state index in [9.17, 15) is 14.4 Å². The normalized spacial score (nSPS) is 12.4. The molecular weight excluding hydrogens is 1010 g/mol. The van der Waals surface area contributed by atoms with Crippen LogP contribution in [-0.2, 0) is 28.6 Å². The summed E-state index contributed by atoms with van der Waals surface area (Å²) in [4.78, 5) is 38.3. The highest BCUT2D eigenvalue weighted by Crippen LogP contribution is 2.18. The average molecular weight is 1150 g/mol. The highest BCUT2D eigenvalue weighted by molar-refractivity contribution is 5.71. The van der Waals surface area contributed by atoms with Crippen molar-refractivity contribution in [3.8, 4) is 0 Å². The van der Waals surface area contributed by atoms with Crippen LogP contribution in [0.25, 0.3) is 0 Å². The fourth-order valence-electron chi connectivity index (χ4n) is 10.8. The molecule has 0 saturated heterocycles. The van der Waals surface area contributed by atoms with E-state index in [4.69, 9.17) is 14.2 Å². The second-order valence-corrected chi connectivity index (χ2v) is 24.5. The van der Waals surface area contributed by atoms with E-state index in [1.165, 1.54) is 263 Å². The van der Waals surface area contributed by atoms with E-state index in [0.717, 1.165) is 83.5 Å². The van der Waals surface area contributed by atoms with Gasteiger partial charge in [0.1, 0.15) is 13.2 Å². The van der Waals surface area contributed by atoms with Crippen LogP contribution in [0.2, 0.25) is 0 Å². The molecule has 0 bridgehead atoms. The third-order valence-electron chi connectivity index (χ3n) is 16.2. The van der Waals surface area contributed by atoms with Crippen molar-refractivity contribution in [3.05, 3.63) is 60.8 Å². The minimum Gasteiger partial charge on any atom is -0.462 e. The lowest BCUT2D eigenvalue weighted by Gasteiger charge is -2.18. The molecule has 6 nitrogen and oxygen atoms in total. The molecule has 0 aromatic heterocycles. The Morgan fingerprint density at radius 3 is 0.707 bits per heavy atom. The van der Waals surface area contributed by atoms with E-state index in [1.54, 1.807) is 0 Å². The van der Waals surface area contributed by atoms with Crippen LogP contribution in [-0.4, -0.2) is 37.2 Å². The first-order valence-corrected chi connectivity index (χ1v) is 36.3. The molecule has 0 aromatic rings. The van der Waals surface area contributed by atoms with Crippen LogP contribution in [0.5, 0.6) is 0 Å². The van der Waals surface area contributed by atoms with Crippen molar-refractivity contribution in [1.82, 2.24) is 0 Å². The van der Waals surface area contributed by atoms with E-state index >= 15 is 0 Å². The van der Waals surface area contributed by atoms with E-state index in [2.05, 4.69) is 81.5 Å². The number of ether oxygens (including phenoxy) is 3. The Balaban J connectivity index is 4.05. The zero-order valence-electron chi connectivity index (χ0n) is 55.0. The first-order chi connectivity index (χ1) is 40.5. The Labute approximate surface area is 510 Å². The quantitative estimate of drug-likeness (QED) is 0.0261. The summed E-state index contributed by atoms with van der Waals surface area (Å²) in [6.45, 7) is 6.63. The third-order valence-corrected chi connectivity index (χ3v) is 16.2. The fourth-order valence-corrected chi connectivity index (χ4v) is 10.8. The molecule has 0 spiro atoms. The molecule has 1 atom stereocenters. The van der Waals surface area contributed by atoms with Crippen LogP contribution < -0.4 is 0 Å². The van der Waals surface area contributed by atoms with Gasteiger partial charge in [0.25, 0.3) is 0 Å². The van der Waals surface area contributed by atoms with Crippen LogP contribution in [0, 0.1) is 0 Å². The molecule has 0 heterocycles. The Kier molecular flexibility index (Phi) is 68.1. The fraction of sp³-hybridized carbons (Fsp3) is 0.829. The van der Waals surface area contributed by atoms with Crippen molar-refractivity contribution >= 4 is 17.9 Å². The lowest BCUT2D eigenvalue weighted by atomic mass is 10.0. The van der Waals surface area contributed by atoms with Crippen molar-refractivity contribution < 1.29 is 28.6 Å². The number of unbranched alkanes of at least 4 members (excludes halogenated alkanes) is 46. The number of rotatable bonds is 67.